The number of rotatable bonds is 1. The van der Waals surface area contributed by atoms with E-state index in [1.807, 2.05) is 36.1 Å². The summed E-state index contributed by atoms with van der Waals surface area (Å²) in [5.74, 6) is 0.806. The van der Waals surface area contributed by atoms with Crippen LogP contribution in [0.5, 0.6) is 0 Å². The Labute approximate surface area is 128 Å². The lowest BCUT2D eigenvalue weighted by molar-refractivity contribution is 0.0768. The van der Waals surface area contributed by atoms with Crippen LogP contribution < -0.4 is 0 Å². The van der Waals surface area contributed by atoms with Crippen molar-refractivity contribution < 1.29 is 4.79 Å². The van der Waals surface area contributed by atoms with Gasteiger partial charge in [0, 0.05) is 29.2 Å². The molecule has 4 rings (SSSR count). The van der Waals surface area contributed by atoms with E-state index >= 15 is 0 Å². The highest BCUT2D eigenvalue weighted by atomic mass is 35.5. The third kappa shape index (κ3) is 2.03. The molecule has 2 aromatic rings. The molecule has 2 atom stereocenters. The molecular weight excluding hydrogens is 284 g/mol. The van der Waals surface area contributed by atoms with Crippen LogP contribution in [0.3, 0.4) is 0 Å². The number of piperidine rings is 1. The molecule has 21 heavy (non-hydrogen) atoms. The maximum Gasteiger partial charge on any atom is 0.254 e. The Kier molecular flexibility index (Phi) is 2.62. The van der Waals surface area contributed by atoms with E-state index < -0.39 is 0 Å². The van der Waals surface area contributed by atoms with Gasteiger partial charge in [0.25, 0.3) is 5.91 Å². The van der Waals surface area contributed by atoms with Crippen LogP contribution in [0, 0.1) is 18.3 Å². The Balaban J connectivity index is 1.78. The van der Waals surface area contributed by atoms with Gasteiger partial charge in [-0.2, -0.15) is 0 Å². The molecule has 1 saturated heterocycles. The van der Waals surface area contributed by atoms with Crippen LogP contribution in [0.25, 0.3) is 10.9 Å². The maximum atomic E-state index is 12.9. The molecule has 1 saturated carbocycles. The van der Waals surface area contributed by atoms with Crippen LogP contribution in [-0.4, -0.2) is 28.9 Å². The van der Waals surface area contributed by atoms with Crippen molar-refractivity contribution in [2.24, 2.45) is 11.3 Å². The van der Waals surface area contributed by atoms with E-state index in [-0.39, 0.29) is 5.91 Å². The largest absolute Gasteiger partial charge is 0.338 e. The fourth-order valence-corrected chi connectivity index (χ4v) is 3.75. The number of aryl methyl sites for hydroxylation is 1. The van der Waals surface area contributed by atoms with Crippen LogP contribution in [-0.2, 0) is 0 Å². The molecule has 1 aliphatic heterocycles. The van der Waals surface area contributed by atoms with Gasteiger partial charge in [-0.15, -0.1) is 0 Å². The zero-order valence-electron chi connectivity index (χ0n) is 12.2. The number of aromatic nitrogens is 1. The second kappa shape index (κ2) is 4.20. The molecule has 2 unspecified atom stereocenters. The van der Waals surface area contributed by atoms with E-state index in [9.17, 15) is 4.79 Å². The molecule has 1 aliphatic carbocycles. The molecule has 0 bridgehead atoms. The molecule has 2 aliphatic rings. The molecule has 0 N–H and O–H groups in total. The minimum Gasteiger partial charge on any atom is -0.338 e. The molecule has 2 heterocycles. The third-order valence-corrected chi connectivity index (χ3v) is 5.18. The van der Waals surface area contributed by atoms with E-state index in [1.165, 1.54) is 6.42 Å². The number of hydrogen-bond acceptors (Lipinski definition) is 2. The molecule has 0 radical (unpaired) electrons. The highest BCUT2D eigenvalue weighted by Crippen LogP contribution is 2.57. The van der Waals surface area contributed by atoms with Gasteiger partial charge in [-0.05, 0) is 48.9 Å². The summed E-state index contributed by atoms with van der Waals surface area (Å²) < 4.78 is 0. The van der Waals surface area contributed by atoms with Crippen LogP contribution in [0.4, 0.5) is 0 Å². The lowest BCUT2D eigenvalue weighted by atomic mass is 10.1. The Hall–Kier alpha value is -1.61. The summed E-state index contributed by atoms with van der Waals surface area (Å²) in [6.07, 6.45) is 1.26. The lowest BCUT2D eigenvalue weighted by Gasteiger charge is -2.20. The van der Waals surface area contributed by atoms with E-state index in [4.69, 9.17) is 11.6 Å². The summed E-state index contributed by atoms with van der Waals surface area (Å²) in [5, 5.41) is 1.49. The number of amides is 1. The number of fused-ring (bicyclic) bond motifs is 2. The predicted molar refractivity (Wildman–Crippen MR) is 83.6 cm³/mol. The van der Waals surface area contributed by atoms with Crippen LogP contribution in [0.2, 0.25) is 5.02 Å². The average molecular weight is 301 g/mol. The minimum absolute atomic E-state index is 0.112. The summed E-state index contributed by atoms with van der Waals surface area (Å²) in [6, 6.07) is 7.42. The number of likely N-dealkylation sites (tertiary alicyclic amines) is 1. The third-order valence-electron chi connectivity index (χ3n) is 4.95. The summed E-state index contributed by atoms with van der Waals surface area (Å²) >= 11 is 6.09. The summed E-state index contributed by atoms with van der Waals surface area (Å²) in [6.45, 7) is 5.96. The Morgan fingerprint density at radius 3 is 2.95 bits per heavy atom. The van der Waals surface area contributed by atoms with E-state index in [0.717, 1.165) is 35.2 Å². The number of benzene rings is 1. The molecule has 4 heteroatoms. The first-order valence-corrected chi connectivity index (χ1v) is 7.70. The molecule has 1 aromatic carbocycles. The van der Waals surface area contributed by atoms with E-state index in [1.54, 1.807) is 0 Å². The zero-order valence-corrected chi connectivity index (χ0v) is 12.9. The lowest BCUT2D eigenvalue weighted by Crippen LogP contribution is -2.31. The Bertz CT molecular complexity index is 773. The first-order valence-electron chi connectivity index (χ1n) is 7.32. The first kappa shape index (κ1) is 13.1. The summed E-state index contributed by atoms with van der Waals surface area (Å²) in [5.41, 5.74) is 2.79. The van der Waals surface area contributed by atoms with Gasteiger partial charge in [0.2, 0.25) is 0 Å². The average Bonchev–Trinajstić information content (AvgIpc) is 2.95. The fourth-order valence-electron chi connectivity index (χ4n) is 3.58. The number of hydrogen-bond donors (Lipinski definition) is 0. The normalized spacial score (nSPS) is 27.0. The highest BCUT2D eigenvalue weighted by Gasteiger charge is 2.57. The number of pyridine rings is 1. The van der Waals surface area contributed by atoms with Crippen molar-refractivity contribution in [2.75, 3.05) is 13.1 Å². The molecule has 1 aromatic heterocycles. The Morgan fingerprint density at radius 2 is 2.24 bits per heavy atom. The van der Waals surface area contributed by atoms with Crippen LogP contribution in [0.1, 0.15) is 29.4 Å². The highest BCUT2D eigenvalue weighted by molar-refractivity contribution is 6.31. The number of carbonyl (C=O) groups excluding carboxylic acids is 1. The molecule has 2 fully saturated rings. The molecule has 3 nitrogen and oxygen atoms in total. The van der Waals surface area contributed by atoms with Gasteiger partial charge in [-0.3, -0.25) is 9.78 Å². The maximum absolute atomic E-state index is 12.9. The standard InChI is InChI=1S/C17H17ClN2O/c1-10-5-14(13-6-12(18)3-4-15(13)19-10)16(21)20-8-11-7-17(11,2)9-20/h3-6,11H,7-9H2,1-2H3. The quantitative estimate of drug-likeness (QED) is 0.805. The van der Waals surface area contributed by atoms with Gasteiger partial charge in [0.15, 0.2) is 0 Å². The van der Waals surface area contributed by atoms with Crippen molar-refractivity contribution in [2.45, 2.75) is 20.3 Å². The summed E-state index contributed by atoms with van der Waals surface area (Å²) in [4.78, 5) is 19.4. The van der Waals surface area contributed by atoms with Crippen molar-refractivity contribution in [1.29, 1.82) is 0 Å². The number of carbonyl (C=O) groups is 1. The summed E-state index contributed by atoms with van der Waals surface area (Å²) in [7, 11) is 0. The topological polar surface area (TPSA) is 33.2 Å². The second-order valence-corrected chi connectivity index (χ2v) is 7.15. The van der Waals surface area contributed by atoms with Crippen LogP contribution in [0.15, 0.2) is 24.3 Å². The van der Waals surface area contributed by atoms with Crippen molar-refractivity contribution in [3.8, 4) is 0 Å². The van der Waals surface area contributed by atoms with E-state index in [2.05, 4.69) is 11.9 Å². The smallest absolute Gasteiger partial charge is 0.254 e. The predicted octanol–water partition coefficient (Wildman–Crippen LogP) is 3.68. The van der Waals surface area contributed by atoms with Crippen molar-refractivity contribution in [1.82, 2.24) is 9.88 Å². The first-order chi connectivity index (χ1) is 9.96. The van der Waals surface area contributed by atoms with Crippen LogP contribution >= 0.6 is 11.6 Å². The van der Waals surface area contributed by atoms with Gasteiger partial charge in [0.1, 0.15) is 0 Å². The number of halogens is 1. The van der Waals surface area contributed by atoms with E-state index in [0.29, 0.717) is 16.4 Å². The van der Waals surface area contributed by atoms with Gasteiger partial charge in [-0.1, -0.05) is 18.5 Å². The van der Waals surface area contributed by atoms with Gasteiger partial charge in [0.05, 0.1) is 11.1 Å². The van der Waals surface area contributed by atoms with Gasteiger partial charge < -0.3 is 4.90 Å². The van der Waals surface area contributed by atoms with Gasteiger partial charge in [-0.25, -0.2) is 0 Å². The van der Waals surface area contributed by atoms with Gasteiger partial charge >= 0.3 is 0 Å². The molecular formula is C17H17ClN2O. The molecule has 0 spiro atoms. The molecule has 108 valence electrons. The minimum atomic E-state index is 0.112. The van der Waals surface area contributed by atoms with Crippen molar-refractivity contribution in [3.63, 3.8) is 0 Å². The van der Waals surface area contributed by atoms with Crippen molar-refractivity contribution in [3.05, 3.63) is 40.5 Å². The van der Waals surface area contributed by atoms with Crippen molar-refractivity contribution >= 4 is 28.4 Å². The Morgan fingerprint density at radius 1 is 1.43 bits per heavy atom. The monoisotopic (exact) mass is 300 g/mol. The SMILES string of the molecule is Cc1cc(C(=O)N2CC3CC3(C)C2)c2cc(Cl)ccc2n1. The molecule has 1 amide bonds. The number of nitrogens with zero attached hydrogens (tertiary/aromatic N) is 2. The fraction of sp³-hybridized carbons (Fsp3) is 0.412. The zero-order chi connectivity index (χ0) is 14.8. The second-order valence-electron chi connectivity index (χ2n) is 6.71.